The molecule has 11 nitrogen and oxygen atoms in total. The summed E-state index contributed by atoms with van der Waals surface area (Å²) >= 11 is 0. The van der Waals surface area contributed by atoms with Crippen LogP contribution in [-0.4, -0.2) is 96.5 Å². The average molecular weight is 596 g/mol. The van der Waals surface area contributed by atoms with Gasteiger partial charge in [-0.3, -0.25) is 19.3 Å². The molecule has 234 valence electrons. The third-order valence-electron chi connectivity index (χ3n) is 7.56. The Kier molecular flexibility index (Phi) is 13.3. The van der Waals surface area contributed by atoms with Gasteiger partial charge in [0.15, 0.2) is 0 Å². The van der Waals surface area contributed by atoms with Gasteiger partial charge in [0.05, 0.1) is 32.3 Å². The molecule has 11 heteroatoms. The second kappa shape index (κ2) is 17.1. The van der Waals surface area contributed by atoms with E-state index in [9.17, 15) is 19.2 Å². The molecule has 0 aliphatic carbocycles. The van der Waals surface area contributed by atoms with Crippen LogP contribution in [0, 0.1) is 6.92 Å². The van der Waals surface area contributed by atoms with Crippen molar-refractivity contribution < 1.29 is 29.0 Å². The van der Waals surface area contributed by atoms with Gasteiger partial charge in [0, 0.05) is 38.4 Å². The average Bonchev–Trinajstić information content (AvgIpc) is 2.98. The molecule has 1 saturated heterocycles. The number of carboxylic acids is 1. The minimum absolute atomic E-state index is 0.0125. The van der Waals surface area contributed by atoms with Crippen LogP contribution >= 0.6 is 0 Å². The summed E-state index contributed by atoms with van der Waals surface area (Å²) in [5, 5.41) is 14.7. The molecule has 1 fully saturated rings. The monoisotopic (exact) mass is 595 g/mol. The first kappa shape index (κ1) is 33.4. The number of methoxy groups -OCH3 is 1. The third kappa shape index (κ3) is 10.9. The van der Waals surface area contributed by atoms with Gasteiger partial charge < -0.3 is 30.3 Å². The second-order valence-electron chi connectivity index (χ2n) is 10.9. The van der Waals surface area contributed by atoms with E-state index in [2.05, 4.69) is 17.6 Å². The van der Waals surface area contributed by atoms with Crippen LogP contribution in [0.1, 0.15) is 50.2 Å². The SMILES string of the molecule is CCCCCCCN(CC(=O)N1CCN(CC(=O)O)CC1)C(=O)Cc1ccc(NC(=O)Nc2ccccc2C)c(OC)c1. The van der Waals surface area contributed by atoms with Crippen molar-refractivity contribution in [1.29, 1.82) is 0 Å². The molecule has 1 aliphatic rings. The molecule has 0 atom stereocenters. The normalized spacial score (nSPS) is 13.3. The summed E-state index contributed by atoms with van der Waals surface area (Å²) in [6.07, 6.45) is 5.22. The largest absolute Gasteiger partial charge is 0.495 e. The number of carbonyl (C=O) groups is 4. The second-order valence-corrected chi connectivity index (χ2v) is 10.9. The van der Waals surface area contributed by atoms with Crippen LogP contribution in [0.5, 0.6) is 5.75 Å². The van der Waals surface area contributed by atoms with Crippen molar-refractivity contribution in [1.82, 2.24) is 14.7 Å². The number of aliphatic carboxylic acids is 1. The molecule has 0 aromatic heterocycles. The fourth-order valence-corrected chi connectivity index (χ4v) is 5.03. The van der Waals surface area contributed by atoms with Crippen molar-refractivity contribution in [2.45, 2.75) is 52.4 Å². The molecule has 1 aliphatic heterocycles. The van der Waals surface area contributed by atoms with Crippen LogP contribution in [0.15, 0.2) is 42.5 Å². The van der Waals surface area contributed by atoms with E-state index in [0.29, 0.717) is 55.4 Å². The topological polar surface area (TPSA) is 132 Å². The predicted molar refractivity (Wildman–Crippen MR) is 167 cm³/mol. The maximum absolute atomic E-state index is 13.5. The number of amides is 4. The van der Waals surface area contributed by atoms with Crippen molar-refractivity contribution in [3.8, 4) is 5.75 Å². The number of hydrogen-bond acceptors (Lipinski definition) is 6. The maximum atomic E-state index is 13.5. The van der Waals surface area contributed by atoms with E-state index in [1.165, 1.54) is 7.11 Å². The number of nitrogens with one attached hydrogen (secondary N) is 2. The zero-order valence-corrected chi connectivity index (χ0v) is 25.6. The van der Waals surface area contributed by atoms with Crippen LogP contribution in [0.3, 0.4) is 0 Å². The summed E-state index contributed by atoms with van der Waals surface area (Å²) in [5.41, 5.74) is 2.81. The maximum Gasteiger partial charge on any atom is 0.323 e. The fourth-order valence-electron chi connectivity index (χ4n) is 5.03. The molecule has 4 amide bonds. The number of carbonyl (C=O) groups excluding carboxylic acids is 3. The van der Waals surface area contributed by atoms with Crippen LogP contribution < -0.4 is 15.4 Å². The molecule has 0 spiro atoms. The number of carboxylic acid groups (broad SMARTS) is 1. The highest BCUT2D eigenvalue weighted by Gasteiger charge is 2.25. The molecule has 0 radical (unpaired) electrons. The lowest BCUT2D eigenvalue weighted by atomic mass is 10.1. The van der Waals surface area contributed by atoms with E-state index in [-0.39, 0.29) is 31.3 Å². The highest BCUT2D eigenvalue weighted by atomic mass is 16.5. The summed E-state index contributed by atoms with van der Waals surface area (Å²) in [7, 11) is 1.50. The third-order valence-corrected chi connectivity index (χ3v) is 7.56. The molecular formula is C32H45N5O6. The number of hydrogen-bond donors (Lipinski definition) is 3. The van der Waals surface area contributed by atoms with Gasteiger partial charge in [-0.05, 0) is 42.7 Å². The van der Waals surface area contributed by atoms with Crippen molar-refractivity contribution >= 4 is 35.2 Å². The van der Waals surface area contributed by atoms with Crippen LogP contribution in [0.25, 0.3) is 0 Å². The first-order valence-corrected chi connectivity index (χ1v) is 15.0. The van der Waals surface area contributed by atoms with Crippen LogP contribution in [0.4, 0.5) is 16.2 Å². The van der Waals surface area contributed by atoms with Gasteiger partial charge in [-0.1, -0.05) is 56.9 Å². The van der Waals surface area contributed by atoms with Crippen molar-refractivity contribution in [3.63, 3.8) is 0 Å². The summed E-state index contributed by atoms with van der Waals surface area (Å²) < 4.78 is 5.51. The molecule has 0 unspecified atom stereocenters. The number of urea groups is 1. The fraction of sp³-hybridized carbons (Fsp3) is 0.500. The summed E-state index contributed by atoms with van der Waals surface area (Å²) in [5.74, 6) is -0.751. The Balaban J connectivity index is 1.63. The highest BCUT2D eigenvalue weighted by Crippen LogP contribution is 2.27. The quantitative estimate of drug-likeness (QED) is 0.263. The molecule has 2 aromatic rings. The molecule has 43 heavy (non-hydrogen) atoms. The first-order valence-electron chi connectivity index (χ1n) is 15.0. The van der Waals surface area contributed by atoms with Crippen molar-refractivity contribution in [3.05, 3.63) is 53.6 Å². The van der Waals surface area contributed by atoms with Crippen LogP contribution in [-0.2, 0) is 20.8 Å². The van der Waals surface area contributed by atoms with E-state index in [1.807, 2.05) is 31.2 Å². The highest BCUT2D eigenvalue weighted by molar-refractivity contribution is 6.01. The van der Waals surface area contributed by atoms with E-state index in [4.69, 9.17) is 9.84 Å². The predicted octanol–water partition coefficient (Wildman–Crippen LogP) is 4.22. The number of piperazine rings is 1. The molecular weight excluding hydrogens is 550 g/mol. The number of unbranched alkanes of at least 4 members (excludes halogenated alkanes) is 4. The minimum Gasteiger partial charge on any atom is -0.495 e. The standard InChI is InChI=1S/C32H45N5O6/c1-4-5-6-7-10-15-37(22-30(39)36-18-16-35(17-19-36)23-31(40)41)29(38)21-25-13-14-27(28(20-25)43-3)34-32(42)33-26-12-9-8-11-24(26)2/h8-9,11-14,20H,4-7,10,15-19,21-23H2,1-3H3,(H,40,41)(H2,33,34,42). The lowest BCUT2D eigenvalue weighted by Gasteiger charge is -2.35. The number of aryl methyl sites for hydroxylation is 1. The lowest BCUT2D eigenvalue weighted by molar-refractivity contribution is -0.142. The van der Waals surface area contributed by atoms with Crippen molar-refractivity contribution in [2.75, 3.05) is 63.6 Å². The number of para-hydroxylation sites is 1. The van der Waals surface area contributed by atoms with E-state index < -0.39 is 12.0 Å². The van der Waals surface area contributed by atoms with Crippen LogP contribution in [0.2, 0.25) is 0 Å². The van der Waals surface area contributed by atoms with Gasteiger partial charge in [-0.15, -0.1) is 0 Å². The van der Waals surface area contributed by atoms with Gasteiger partial charge in [-0.2, -0.15) is 0 Å². The molecule has 1 heterocycles. The Morgan fingerprint density at radius 1 is 0.930 bits per heavy atom. The Morgan fingerprint density at radius 3 is 2.30 bits per heavy atom. The van der Waals surface area contributed by atoms with E-state index >= 15 is 0 Å². The van der Waals surface area contributed by atoms with Gasteiger partial charge in [0.1, 0.15) is 5.75 Å². The smallest absolute Gasteiger partial charge is 0.323 e. The number of rotatable bonds is 15. The Morgan fingerprint density at radius 2 is 1.63 bits per heavy atom. The summed E-state index contributed by atoms with van der Waals surface area (Å²) in [6, 6.07) is 12.3. The molecule has 0 bridgehead atoms. The lowest BCUT2D eigenvalue weighted by Crippen LogP contribution is -2.52. The zero-order valence-electron chi connectivity index (χ0n) is 25.6. The number of ether oxygens (including phenoxy) is 1. The van der Waals surface area contributed by atoms with Gasteiger partial charge in [0.2, 0.25) is 11.8 Å². The van der Waals surface area contributed by atoms with Gasteiger partial charge >= 0.3 is 12.0 Å². The molecule has 3 rings (SSSR count). The zero-order chi connectivity index (χ0) is 31.2. The first-order chi connectivity index (χ1) is 20.7. The molecule has 2 aromatic carbocycles. The molecule has 3 N–H and O–H groups in total. The summed E-state index contributed by atoms with van der Waals surface area (Å²) in [4.78, 5) is 55.4. The Bertz CT molecular complexity index is 1240. The van der Waals surface area contributed by atoms with Crippen molar-refractivity contribution in [2.24, 2.45) is 0 Å². The number of benzene rings is 2. The Hall–Kier alpha value is -4.12. The van der Waals surface area contributed by atoms with Gasteiger partial charge in [0.25, 0.3) is 0 Å². The van der Waals surface area contributed by atoms with E-state index in [1.54, 1.807) is 32.9 Å². The van der Waals surface area contributed by atoms with Gasteiger partial charge in [-0.25, -0.2) is 4.79 Å². The Labute approximate surface area is 254 Å². The number of nitrogens with zero attached hydrogens (tertiary/aromatic N) is 3. The number of anilines is 2. The van der Waals surface area contributed by atoms with E-state index in [0.717, 1.165) is 37.7 Å². The molecule has 0 saturated carbocycles. The summed E-state index contributed by atoms with van der Waals surface area (Å²) in [6.45, 7) is 6.35. The minimum atomic E-state index is -0.884.